The fourth-order valence-electron chi connectivity index (χ4n) is 3.12. The predicted octanol–water partition coefficient (Wildman–Crippen LogP) is 3.81. The second-order valence-electron chi connectivity index (χ2n) is 7.71. The van der Waals surface area contributed by atoms with Crippen molar-refractivity contribution in [2.45, 2.75) is 32.5 Å². The summed E-state index contributed by atoms with van der Waals surface area (Å²) in [6.07, 6.45) is -0.725. The van der Waals surface area contributed by atoms with Gasteiger partial charge in [-0.05, 0) is 31.5 Å². The van der Waals surface area contributed by atoms with E-state index >= 15 is 0 Å². The molecule has 0 aliphatic heterocycles. The van der Waals surface area contributed by atoms with E-state index in [-0.39, 0.29) is 11.9 Å². The molecule has 7 heteroatoms. The number of benzene rings is 2. The first-order valence-electron chi connectivity index (χ1n) is 10.6. The lowest BCUT2D eigenvalue weighted by Gasteiger charge is -2.19. The molecule has 4 N–H and O–H groups in total. The smallest absolute Gasteiger partial charge is 0.261 e. The van der Waals surface area contributed by atoms with Crippen LogP contribution in [-0.4, -0.2) is 35.3 Å². The molecule has 32 heavy (non-hydrogen) atoms. The molecule has 1 heterocycles. The molecule has 3 rings (SSSR count). The fraction of sp³-hybridized carbons (Fsp3) is 0.280. The molecule has 0 aliphatic carbocycles. The van der Waals surface area contributed by atoms with Crippen LogP contribution in [0.4, 0.5) is 5.69 Å². The van der Waals surface area contributed by atoms with Gasteiger partial charge < -0.3 is 21.1 Å². The summed E-state index contributed by atoms with van der Waals surface area (Å²) in [5.74, 6) is 0.698. The highest BCUT2D eigenvalue weighted by Crippen LogP contribution is 2.28. The first-order valence-corrected chi connectivity index (χ1v) is 11.3. The molecule has 0 saturated carbocycles. The molecule has 168 valence electrons. The molecule has 1 amide bonds. The van der Waals surface area contributed by atoms with E-state index in [1.54, 1.807) is 6.92 Å². The summed E-state index contributed by atoms with van der Waals surface area (Å²) in [5, 5.41) is 6.19. The Kier molecular flexibility index (Phi) is 8.53. The highest BCUT2D eigenvalue weighted by molar-refractivity contribution is 7.80. The largest absolute Gasteiger partial charge is 0.463 e. The number of amides is 1. The Bertz CT molecular complexity index is 1030. The number of hydrogen-bond donors (Lipinski definition) is 4. The highest BCUT2D eigenvalue weighted by Gasteiger charge is 2.18. The number of nitrogens with zero attached hydrogens (tertiary/aromatic N) is 1. The summed E-state index contributed by atoms with van der Waals surface area (Å²) >= 11 is 4.23. The maximum absolute atomic E-state index is 12.7. The Morgan fingerprint density at radius 1 is 1.12 bits per heavy atom. The van der Waals surface area contributed by atoms with Crippen LogP contribution in [0.25, 0.3) is 11.3 Å². The second-order valence-corrected chi connectivity index (χ2v) is 8.07. The van der Waals surface area contributed by atoms with E-state index in [2.05, 4.69) is 28.2 Å². The van der Waals surface area contributed by atoms with Gasteiger partial charge in [-0.3, -0.25) is 4.79 Å². The maximum atomic E-state index is 12.7. The summed E-state index contributed by atoms with van der Waals surface area (Å²) in [4.78, 5) is 17.3. The van der Waals surface area contributed by atoms with Crippen LogP contribution in [0.1, 0.15) is 18.1 Å². The van der Waals surface area contributed by atoms with Crippen molar-refractivity contribution in [2.75, 3.05) is 17.6 Å². The van der Waals surface area contributed by atoms with E-state index in [0.717, 1.165) is 22.4 Å². The lowest BCUT2D eigenvalue weighted by molar-refractivity contribution is -0.127. The number of nitrogens with one attached hydrogen (secondary N) is 2. The van der Waals surface area contributed by atoms with Crippen LogP contribution in [-0.2, 0) is 11.3 Å². The zero-order valence-corrected chi connectivity index (χ0v) is 19.3. The van der Waals surface area contributed by atoms with Gasteiger partial charge in [0.1, 0.15) is 0 Å². The van der Waals surface area contributed by atoms with Gasteiger partial charge in [0.15, 0.2) is 6.10 Å². The molecular formula is C25H30N4O2S. The van der Waals surface area contributed by atoms with E-state index in [9.17, 15) is 4.79 Å². The van der Waals surface area contributed by atoms with Crippen LogP contribution in [0.5, 0.6) is 5.88 Å². The lowest BCUT2D eigenvalue weighted by Crippen LogP contribution is -2.36. The summed E-state index contributed by atoms with van der Waals surface area (Å²) in [5.41, 5.74) is 10.6. The SMILES string of the molecule is Cc1cccc(CNC(=O)[C@@H](C)Oc2nc(-c3ccccc3)ccc2NCC(N)CS)c1. The highest BCUT2D eigenvalue weighted by atomic mass is 32.1. The summed E-state index contributed by atoms with van der Waals surface area (Å²) in [6, 6.07) is 21.5. The minimum absolute atomic E-state index is 0.116. The van der Waals surface area contributed by atoms with Gasteiger partial charge in [-0.1, -0.05) is 60.2 Å². The topological polar surface area (TPSA) is 89.3 Å². The van der Waals surface area contributed by atoms with Gasteiger partial charge in [-0.2, -0.15) is 12.6 Å². The van der Waals surface area contributed by atoms with E-state index in [1.165, 1.54) is 0 Å². The standard InChI is InChI=1S/C25H30N4O2S/c1-17-7-6-8-19(13-17)14-28-24(30)18(2)31-25-23(27-15-21(26)16-32)12-11-22(29-25)20-9-4-3-5-10-20/h3-13,18,21,27,32H,14-16,26H2,1-2H3,(H,28,30)/t18-,21?/m1/s1. The van der Waals surface area contributed by atoms with Crippen LogP contribution < -0.4 is 21.1 Å². The van der Waals surface area contributed by atoms with Crippen LogP contribution in [0.3, 0.4) is 0 Å². The van der Waals surface area contributed by atoms with E-state index in [0.29, 0.717) is 30.4 Å². The molecule has 0 fully saturated rings. The van der Waals surface area contributed by atoms with Crippen LogP contribution in [0, 0.1) is 6.92 Å². The van der Waals surface area contributed by atoms with Gasteiger partial charge in [-0.15, -0.1) is 0 Å². The lowest BCUT2D eigenvalue weighted by atomic mass is 10.1. The molecule has 0 spiro atoms. The molecule has 0 aliphatic rings. The number of carbonyl (C=O) groups is 1. The molecular weight excluding hydrogens is 420 g/mol. The Labute approximate surface area is 195 Å². The molecule has 1 unspecified atom stereocenters. The third-order valence-corrected chi connectivity index (χ3v) is 5.39. The number of aromatic nitrogens is 1. The molecule has 1 aromatic heterocycles. The molecule has 2 atom stereocenters. The monoisotopic (exact) mass is 450 g/mol. The van der Waals surface area contributed by atoms with Crippen molar-refractivity contribution in [2.24, 2.45) is 5.73 Å². The molecule has 0 radical (unpaired) electrons. The van der Waals surface area contributed by atoms with Gasteiger partial charge in [-0.25, -0.2) is 4.98 Å². The van der Waals surface area contributed by atoms with E-state index in [4.69, 9.17) is 10.5 Å². The van der Waals surface area contributed by atoms with Crippen molar-refractivity contribution in [3.05, 3.63) is 77.9 Å². The molecule has 0 bridgehead atoms. The average molecular weight is 451 g/mol. The number of rotatable bonds is 10. The van der Waals surface area contributed by atoms with Crippen molar-refractivity contribution in [1.82, 2.24) is 10.3 Å². The quantitative estimate of drug-likeness (QED) is 0.353. The van der Waals surface area contributed by atoms with Crippen LogP contribution in [0.15, 0.2) is 66.7 Å². The Morgan fingerprint density at radius 3 is 2.62 bits per heavy atom. The third-order valence-electron chi connectivity index (χ3n) is 4.93. The molecule has 2 aromatic carbocycles. The number of ether oxygens (including phenoxy) is 1. The maximum Gasteiger partial charge on any atom is 0.261 e. The van der Waals surface area contributed by atoms with Crippen molar-refractivity contribution in [1.29, 1.82) is 0 Å². The number of anilines is 1. The first-order chi connectivity index (χ1) is 15.5. The first kappa shape index (κ1) is 23.6. The molecule has 6 nitrogen and oxygen atoms in total. The van der Waals surface area contributed by atoms with Crippen LogP contribution >= 0.6 is 12.6 Å². The normalized spacial score (nSPS) is 12.6. The van der Waals surface area contributed by atoms with Gasteiger partial charge in [0, 0.05) is 30.4 Å². The minimum Gasteiger partial charge on any atom is -0.463 e. The Balaban J connectivity index is 1.74. The Morgan fingerprint density at radius 2 is 1.91 bits per heavy atom. The predicted molar refractivity (Wildman–Crippen MR) is 133 cm³/mol. The summed E-state index contributed by atoms with van der Waals surface area (Å²) < 4.78 is 6.00. The number of hydrogen-bond acceptors (Lipinski definition) is 6. The van der Waals surface area contributed by atoms with Crippen molar-refractivity contribution in [3.8, 4) is 17.1 Å². The Hall–Kier alpha value is -3.03. The number of carbonyl (C=O) groups excluding carboxylic acids is 1. The summed E-state index contributed by atoms with van der Waals surface area (Å²) in [7, 11) is 0. The minimum atomic E-state index is -0.725. The fourth-order valence-corrected chi connectivity index (χ4v) is 3.25. The van der Waals surface area contributed by atoms with Crippen molar-refractivity contribution >= 4 is 24.2 Å². The number of aryl methyl sites for hydroxylation is 1. The van der Waals surface area contributed by atoms with Gasteiger partial charge in [0.25, 0.3) is 5.91 Å². The second kappa shape index (κ2) is 11.5. The van der Waals surface area contributed by atoms with Gasteiger partial charge >= 0.3 is 0 Å². The zero-order chi connectivity index (χ0) is 22.9. The molecule has 3 aromatic rings. The van der Waals surface area contributed by atoms with Gasteiger partial charge in [0.05, 0.1) is 11.4 Å². The zero-order valence-electron chi connectivity index (χ0n) is 18.4. The number of nitrogens with two attached hydrogens (primary N) is 1. The molecule has 0 saturated heterocycles. The third kappa shape index (κ3) is 6.73. The van der Waals surface area contributed by atoms with Crippen molar-refractivity contribution in [3.63, 3.8) is 0 Å². The average Bonchev–Trinajstić information content (AvgIpc) is 2.82. The van der Waals surface area contributed by atoms with Gasteiger partial charge in [0.2, 0.25) is 5.88 Å². The number of pyridine rings is 1. The van der Waals surface area contributed by atoms with E-state index < -0.39 is 6.10 Å². The van der Waals surface area contributed by atoms with E-state index in [1.807, 2.05) is 73.7 Å². The number of thiol groups is 1. The van der Waals surface area contributed by atoms with Crippen molar-refractivity contribution < 1.29 is 9.53 Å². The summed E-state index contributed by atoms with van der Waals surface area (Å²) in [6.45, 7) is 4.69. The van der Waals surface area contributed by atoms with Crippen LogP contribution in [0.2, 0.25) is 0 Å².